The van der Waals surface area contributed by atoms with Crippen molar-refractivity contribution in [3.63, 3.8) is 0 Å². The number of thioether (sulfide) groups is 1. The highest BCUT2D eigenvalue weighted by molar-refractivity contribution is 9.10. The predicted octanol–water partition coefficient (Wildman–Crippen LogP) is 2.83. The maximum atomic E-state index is 12.7. The molecular weight excluding hydrogens is 378 g/mol. The van der Waals surface area contributed by atoms with Crippen LogP contribution in [0.25, 0.3) is 0 Å². The minimum Gasteiger partial charge on any atom is -0.478 e. The highest BCUT2D eigenvalue weighted by Crippen LogP contribution is 2.28. The highest BCUT2D eigenvalue weighted by Gasteiger charge is 2.28. The van der Waals surface area contributed by atoms with Crippen LogP contribution in [0.2, 0.25) is 0 Å². The van der Waals surface area contributed by atoms with Crippen molar-refractivity contribution in [3.05, 3.63) is 27.7 Å². The first-order chi connectivity index (χ1) is 9.62. The van der Waals surface area contributed by atoms with Gasteiger partial charge in [0.2, 0.25) is 10.0 Å². The number of benzene rings is 1. The van der Waals surface area contributed by atoms with E-state index in [9.17, 15) is 13.2 Å². The largest absolute Gasteiger partial charge is 0.478 e. The van der Waals surface area contributed by atoms with Crippen LogP contribution in [0.3, 0.4) is 0 Å². The lowest BCUT2D eigenvalue weighted by Gasteiger charge is -2.25. The maximum absolute atomic E-state index is 12.7. The molecule has 8 heteroatoms. The zero-order valence-corrected chi connectivity index (χ0v) is 15.5. The zero-order chi connectivity index (χ0) is 16.4. The van der Waals surface area contributed by atoms with Crippen molar-refractivity contribution in [2.45, 2.75) is 24.8 Å². The molecule has 0 saturated carbocycles. The molecular formula is C13H18BrNO4S2. The molecule has 0 aliphatic heterocycles. The van der Waals surface area contributed by atoms with E-state index in [0.29, 0.717) is 15.8 Å². The van der Waals surface area contributed by atoms with Crippen LogP contribution < -0.4 is 0 Å². The van der Waals surface area contributed by atoms with Crippen LogP contribution in [0.15, 0.2) is 21.5 Å². The first-order valence-electron chi connectivity index (χ1n) is 6.13. The van der Waals surface area contributed by atoms with Gasteiger partial charge in [0.25, 0.3) is 0 Å². The number of sulfonamides is 1. The summed E-state index contributed by atoms with van der Waals surface area (Å²) in [6.45, 7) is 3.47. The minimum absolute atomic E-state index is 0.0183. The van der Waals surface area contributed by atoms with E-state index in [1.54, 1.807) is 18.7 Å². The van der Waals surface area contributed by atoms with Gasteiger partial charge >= 0.3 is 5.97 Å². The Morgan fingerprint density at radius 3 is 2.52 bits per heavy atom. The minimum atomic E-state index is -3.74. The predicted molar refractivity (Wildman–Crippen MR) is 88.6 cm³/mol. The lowest BCUT2D eigenvalue weighted by atomic mass is 10.1. The van der Waals surface area contributed by atoms with Crippen molar-refractivity contribution in [3.8, 4) is 0 Å². The SMILES string of the molecule is CSCC(C)N(C)S(=O)(=O)c1cc(C(=O)O)cc(Br)c1C. The number of aromatic carboxylic acids is 1. The van der Waals surface area contributed by atoms with E-state index < -0.39 is 16.0 Å². The van der Waals surface area contributed by atoms with Crippen LogP contribution in [-0.4, -0.2) is 48.9 Å². The third kappa shape index (κ3) is 4.00. The molecule has 0 spiro atoms. The van der Waals surface area contributed by atoms with Crippen molar-refractivity contribution < 1.29 is 18.3 Å². The molecule has 21 heavy (non-hydrogen) atoms. The molecule has 1 rings (SSSR count). The standard InChI is InChI=1S/C13H18BrNO4S2/c1-8(7-20-4)15(3)21(18,19)12-6-10(13(16)17)5-11(14)9(12)2/h5-6,8H,7H2,1-4H3,(H,16,17). The summed E-state index contributed by atoms with van der Waals surface area (Å²) in [4.78, 5) is 11.1. The average molecular weight is 396 g/mol. The van der Waals surface area contributed by atoms with Gasteiger partial charge in [0.1, 0.15) is 0 Å². The maximum Gasteiger partial charge on any atom is 0.335 e. The smallest absolute Gasteiger partial charge is 0.335 e. The van der Waals surface area contributed by atoms with E-state index in [2.05, 4.69) is 15.9 Å². The average Bonchev–Trinajstić information content (AvgIpc) is 2.40. The van der Waals surface area contributed by atoms with Gasteiger partial charge in [-0.2, -0.15) is 16.1 Å². The molecule has 0 radical (unpaired) electrons. The van der Waals surface area contributed by atoms with Crippen molar-refractivity contribution >= 4 is 43.7 Å². The Morgan fingerprint density at radius 2 is 2.05 bits per heavy atom. The first-order valence-corrected chi connectivity index (χ1v) is 9.76. The molecule has 0 heterocycles. The zero-order valence-electron chi connectivity index (χ0n) is 12.3. The quantitative estimate of drug-likeness (QED) is 0.801. The Bertz CT molecular complexity index is 646. The molecule has 1 unspecified atom stereocenters. The van der Waals surface area contributed by atoms with E-state index in [0.717, 1.165) is 0 Å². The number of halogens is 1. The molecule has 5 nitrogen and oxygen atoms in total. The van der Waals surface area contributed by atoms with Gasteiger partial charge in [0.15, 0.2) is 0 Å². The number of carbonyl (C=O) groups is 1. The van der Waals surface area contributed by atoms with Gasteiger partial charge in [0.05, 0.1) is 10.5 Å². The van der Waals surface area contributed by atoms with Crippen molar-refractivity contribution in [1.29, 1.82) is 0 Å². The van der Waals surface area contributed by atoms with Gasteiger partial charge in [-0.3, -0.25) is 0 Å². The summed E-state index contributed by atoms with van der Waals surface area (Å²) >= 11 is 4.78. The fraction of sp³-hybridized carbons (Fsp3) is 0.462. The molecule has 0 aliphatic rings. The van der Waals surface area contributed by atoms with Gasteiger partial charge in [-0.25, -0.2) is 13.2 Å². The van der Waals surface area contributed by atoms with Gasteiger partial charge in [-0.05, 0) is 37.8 Å². The fourth-order valence-corrected chi connectivity index (χ4v) is 4.81. The number of hydrogen-bond acceptors (Lipinski definition) is 4. The van der Waals surface area contributed by atoms with Gasteiger partial charge in [-0.1, -0.05) is 15.9 Å². The number of carboxylic acids is 1. The van der Waals surface area contributed by atoms with Crippen LogP contribution in [-0.2, 0) is 10.0 Å². The lowest BCUT2D eigenvalue weighted by Crippen LogP contribution is -2.37. The third-order valence-electron chi connectivity index (χ3n) is 3.23. The van der Waals surface area contributed by atoms with Crippen LogP contribution in [0, 0.1) is 6.92 Å². The molecule has 0 fully saturated rings. The van der Waals surface area contributed by atoms with E-state index in [-0.39, 0.29) is 16.5 Å². The lowest BCUT2D eigenvalue weighted by molar-refractivity contribution is 0.0696. The number of nitrogens with zero attached hydrogens (tertiary/aromatic N) is 1. The topological polar surface area (TPSA) is 74.7 Å². The molecule has 1 aromatic rings. The van der Waals surface area contributed by atoms with E-state index in [4.69, 9.17) is 5.11 Å². The molecule has 1 atom stereocenters. The Kier molecular flexibility index (Phi) is 6.27. The molecule has 1 aromatic carbocycles. The second-order valence-electron chi connectivity index (χ2n) is 4.71. The van der Waals surface area contributed by atoms with E-state index >= 15 is 0 Å². The molecule has 0 amide bonds. The van der Waals surface area contributed by atoms with Gasteiger partial charge < -0.3 is 5.11 Å². The molecule has 0 aromatic heterocycles. The Hall–Kier alpha value is -0.570. The summed E-state index contributed by atoms with van der Waals surface area (Å²) in [5.41, 5.74) is 0.445. The number of rotatable bonds is 6. The van der Waals surface area contributed by atoms with Crippen LogP contribution in [0.1, 0.15) is 22.8 Å². The Balaban J connectivity index is 3.40. The van der Waals surface area contributed by atoms with Crippen LogP contribution in [0.5, 0.6) is 0 Å². The third-order valence-corrected chi connectivity index (χ3v) is 6.97. The van der Waals surface area contributed by atoms with Crippen molar-refractivity contribution in [1.82, 2.24) is 4.31 Å². The molecule has 0 aliphatic carbocycles. The van der Waals surface area contributed by atoms with Crippen LogP contribution in [0.4, 0.5) is 0 Å². The molecule has 1 N–H and O–H groups in total. The first kappa shape index (κ1) is 18.5. The van der Waals surface area contributed by atoms with Crippen molar-refractivity contribution in [2.75, 3.05) is 19.1 Å². The van der Waals surface area contributed by atoms with Gasteiger partial charge in [0, 0.05) is 23.3 Å². The van der Waals surface area contributed by atoms with Crippen molar-refractivity contribution in [2.24, 2.45) is 0 Å². The molecule has 118 valence electrons. The Morgan fingerprint density at radius 1 is 1.48 bits per heavy atom. The number of carboxylic acid groups (broad SMARTS) is 1. The second-order valence-corrected chi connectivity index (χ2v) is 8.44. The summed E-state index contributed by atoms with van der Waals surface area (Å²) in [5, 5.41) is 9.09. The highest BCUT2D eigenvalue weighted by atomic mass is 79.9. The normalized spacial score (nSPS) is 13.4. The summed E-state index contributed by atoms with van der Waals surface area (Å²) in [5.74, 6) is -0.499. The molecule has 0 bridgehead atoms. The van der Waals surface area contributed by atoms with Gasteiger partial charge in [-0.15, -0.1) is 0 Å². The fourth-order valence-electron chi connectivity index (χ4n) is 1.78. The summed E-state index contributed by atoms with van der Waals surface area (Å²) in [6, 6.07) is 2.43. The summed E-state index contributed by atoms with van der Waals surface area (Å²) in [6.07, 6.45) is 1.91. The second kappa shape index (κ2) is 7.13. The summed E-state index contributed by atoms with van der Waals surface area (Å²) < 4.78 is 27.1. The van der Waals surface area contributed by atoms with E-state index in [1.165, 1.54) is 23.5 Å². The number of hydrogen-bond donors (Lipinski definition) is 1. The van der Waals surface area contributed by atoms with Crippen LogP contribution >= 0.6 is 27.7 Å². The molecule has 0 saturated heterocycles. The van der Waals surface area contributed by atoms with E-state index in [1.807, 2.05) is 13.2 Å². The Labute approximate surface area is 137 Å². The summed E-state index contributed by atoms with van der Waals surface area (Å²) in [7, 11) is -2.23. The monoisotopic (exact) mass is 395 g/mol.